The molecule has 0 unspecified atom stereocenters. The van der Waals surface area contributed by atoms with Crippen LogP contribution in [0.4, 0.5) is 0 Å². The molecule has 0 heterocycles. The van der Waals surface area contributed by atoms with E-state index in [0.29, 0.717) is 10.7 Å². The summed E-state index contributed by atoms with van der Waals surface area (Å²) in [5, 5.41) is 9.92. The fraction of sp³-hybridized carbons (Fsp3) is 0.250. The van der Waals surface area contributed by atoms with Crippen LogP contribution in [0.25, 0.3) is 0 Å². The molecule has 86 valence electrons. The number of ketones is 1. The summed E-state index contributed by atoms with van der Waals surface area (Å²) < 4.78 is 0. The monoisotopic (exact) mass is 239 g/mol. The van der Waals surface area contributed by atoms with Crippen molar-refractivity contribution in [1.29, 1.82) is 0 Å². The van der Waals surface area contributed by atoms with Crippen LogP contribution in [-0.4, -0.2) is 29.9 Å². The summed E-state index contributed by atoms with van der Waals surface area (Å²) in [5.41, 5.74) is 0.674. The van der Waals surface area contributed by atoms with Crippen LogP contribution in [0, 0.1) is 0 Å². The van der Waals surface area contributed by atoms with Crippen LogP contribution >= 0.6 is 11.6 Å². The van der Waals surface area contributed by atoms with Crippen molar-refractivity contribution in [2.75, 3.05) is 14.1 Å². The first kappa shape index (κ1) is 12.6. The molecule has 1 aromatic carbocycles. The Morgan fingerprint density at radius 1 is 1.31 bits per heavy atom. The Kier molecular flexibility index (Phi) is 3.96. The van der Waals surface area contributed by atoms with Crippen LogP contribution in [0.1, 0.15) is 17.3 Å². The highest BCUT2D eigenvalue weighted by Crippen LogP contribution is 2.22. The summed E-state index contributed by atoms with van der Waals surface area (Å²) in [7, 11) is 3.51. The van der Waals surface area contributed by atoms with E-state index < -0.39 is 0 Å². The highest BCUT2D eigenvalue weighted by Gasteiger charge is 2.15. The molecule has 1 N–H and O–H groups in total. The fourth-order valence-electron chi connectivity index (χ4n) is 1.30. The molecule has 0 atom stereocenters. The number of carbonyl (C=O) groups excluding carboxylic acids is 1. The van der Waals surface area contributed by atoms with Gasteiger partial charge in [-0.05, 0) is 19.1 Å². The van der Waals surface area contributed by atoms with Crippen molar-refractivity contribution in [3.8, 4) is 5.75 Å². The first-order valence-electron chi connectivity index (χ1n) is 4.81. The SMILES string of the molecule is C/C(C(=O)c1ccccc1O)=C(/Cl)N(C)C. The first-order valence-corrected chi connectivity index (χ1v) is 5.19. The summed E-state index contributed by atoms with van der Waals surface area (Å²) in [4.78, 5) is 13.6. The molecule has 0 amide bonds. The van der Waals surface area contributed by atoms with E-state index in [2.05, 4.69) is 0 Å². The van der Waals surface area contributed by atoms with Gasteiger partial charge in [0, 0.05) is 19.7 Å². The third kappa shape index (κ3) is 2.55. The lowest BCUT2D eigenvalue weighted by molar-refractivity contribution is 0.103. The van der Waals surface area contributed by atoms with Gasteiger partial charge in [0.1, 0.15) is 10.9 Å². The molecule has 0 aromatic heterocycles. The Labute approximate surface area is 100.0 Å². The number of rotatable bonds is 3. The van der Waals surface area contributed by atoms with Gasteiger partial charge < -0.3 is 10.0 Å². The Hall–Kier alpha value is -1.48. The Morgan fingerprint density at radius 3 is 2.38 bits per heavy atom. The molecule has 0 bridgehead atoms. The number of hydrogen-bond donors (Lipinski definition) is 1. The van der Waals surface area contributed by atoms with E-state index in [1.807, 2.05) is 0 Å². The Balaban J connectivity index is 3.14. The first-order chi connectivity index (χ1) is 7.45. The van der Waals surface area contributed by atoms with E-state index in [0.717, 1.165) is 0 Å². The minimum atomic E-state index is -0.267. The third-order valence-corrected chi connectivity index (χ3v) is 2.81. The lowest BCUT2D eigenvalue weighted by Crippen LogP contribution is -2.12. The number of nitrogens with zero attached hydrogens (tertiary/aromatic N) is 1. The molecular formula is C12H14ClNO2. The van der Waals surface area contributed by atoms with E-state index in [1.165, 1.54) is 6.07 Å². The van der Waals surface area contributed by atoms with Gasteiger partial charge in [0.25, 0.3) is 0 Å². The molecule has 1 aromatic rings. The molecule has 0 spiro atoms. The maximum atomic E-state index is 12.0. The average molecular weight is 240 g/mol. The molecule has 16 heavy (non-hydrogen) atoms. The fourth-order valence-corrected chi connectivity index (χ4v) is 1.38. The zero-order chi connectivity index (χ0) is 12.3. The molecule has 0 aliphatic rings. The number of phenolic OH excluding ortho intramolecular Hbond substituents is 1. The van der Waals surface area contributed by atoms with Crippen molar-refractivity contribution in [3.63, 3.8) is 0 Å². The molecule has 3 nitrogen and oxygen atoms in total. The minimum Gasteiger partial charge on any atom is -0.507 e. The molecule has 1 rings (SSSR count). The Morgan fingerprint density at radius 2 is 1.88 bits per heavy atom. The van der Waals surface area contributed by atoms with Gasteiger partial charge in [0.05, 0.1) is 5.56 Å². The minimum absolute atomic E-state index is 0.0323. The summed E-state index contributed by atoms with van der Waals surface area (Å²) in [6.45, 7) is 1.64. The van der Waals surface area contributed by atoms with Crippen molar-refractivity contribution in [3.05, 3.63) is 40.6 Å². The summed E-state index contributed by atoms with van der Waals surface area (Å²) in [6.07, 6.45) is 0. The molecule has 0 radical (unpaired) electrons. The number of para-hydroxylation sites is 1. The lowest BCUT2D eigenvalue weighted by Gasteiger charge is -2.13. The number of phenols is 1. The number of carbonyl (C=O) groups is 1. The highest BCUT2D eigenvalue weighted by atomic mass is 35.5. The van der Waals surface area contributed by atoms with Gasteiger partial charge in [0.2, 0.25) is 0 Å². The second-order valence-corrected chi connectivity index (χ2v) is 4.01. The number of benzene rings is 1. The van der Waals surface area contributed by atoms with Crippen molar-refractivity contribution >= 4 is 17.4 Å². The van der Waals surface area contributed by atoms with E-state index in [-0.39, 0.29) is 17.1 Å². The summed E-state index contributed by atoms with van der Waals surface area (Å²) in [5.74, 6) is -0.299. The van der Waals surface area contributed by atoms with Crippen LogP contribution in [0.3, 0.4) is 0 Å². The van der Waals surface area contributed by atoms with Gasteiger partial charge in [0.15, 0.2) is 5.78 Å². The second-order valence-electron chi connectivity index (χ2n) is 3.66. The van der Waals surface area contributed by atoms with Gasteiger partial charge in [-0.1, -0.05) is 23.7 Å². The van der Waals surface area contributed by atoms with Crippen LogP contribution in [0.5, 0.6) is 5.75 Å². The number of Topliss-reactive ketones (excluding diaryl/α,β-unsaturated/α-hetero) is 1. The Bertz CT molecular complexity index is 438. The number of aromatic hydroxyl groups is 1. The van der Waals surface area contributed by atoms with E-state index in [1.54, 1.807) is 44.1 Å². The standard InChI is InChI=1S/C12H14ClNO2/c1-8(12(13)14(2)3)11(16)9-6-4-5-7-10(9)15/h4-7,15H,1-3H3/b12-8+. The summed E-state index contributed by atoms with van der Waals surface area (Å²) >= 11 is 5.97. The molecular weight excluding hydrogens is 226 g/mol. The largest absolute Gasteiger partial charge is 0.507 e. The predicted octanol–water partition coefficient (Wildman–Crippen LogP) is 2.61. The van der Waals surface area contributed by atoms with Gasteiger partial charge in [-0.3, -0.25) is 4.79 Å². The van der Waals surface area contributed by atoms with Gasteiger partial charge in [-0.15, -0.1) is 0 Å². The van der Waals surface area contributed by atoms with Crippen LogP contribution in [-0.2, 0) is 0 Å². The molecule has 0 fully saturated rings. The maximum Gasteiger partial charge on any atom is 0.195 e. The van der Waals surface area contributed by atoms with Crippen molar-refractivity contribution in [1.82, 2.24) is 4.90 Å². The predicted molar refractivity (Wildman–Crippen MR) is 64.7 cm³/mol. The number of allylic oxidation sites excluding steroid dienone is 1. The van der Waals surface area contributed by atoms with E-state index in [9.17, 15) is 9.90 Å². The zero-order valence-electron chi connectivity index (χ0n) is 9.49. The summed E-state index contributed by atoms with van der Waals surface area (Å²) in [6, 6.07) is 6.41. The molecule has 4 heteroatoms. The maximum absolute atomic E-state index is 12.0. The highest BCUT2D eigenvalue weighted by molar-refractivity contribution is 6.32. The number of halogens is 1. The smallest absolute Gasteiger partial charge is 0.195 e. The topological polar surface area (TPSA) is 40.5 Å². The van der Waals surface area contributed by atoms with Gasteiger partial charge >= 0.3 is 0 Å². The van der Waals surface area contributed by atoms with E-state index in [4.69, 9.17) is 11.6 Å². The quantitative estimate of drug-likeness (QED) is 0.501. The van der Waals surface area contributed by atoms with Crippen LogP contribution < -0.4 is 0 Å². The van der Waals surface area contributed by atoms with Crippen LogP contribution in [0.15, 0.2) is 35.0 Å². The number of hydrogen-bond acceptors (Lipinski definition) is 3. The van der Waals surface area contributed by atoms with Gasteiger partial charge in [-0.2, -0.15) is 0 Å². The normalized spacial score (nSPS) is 12.0. The van der Waals surface area contributed by atoms with Crippen LogP contribution in [0.2, 0.25) is 0 Å². The third-order valence-electron chi connectivity index (χ3n) is 2.19. The van der Waals surface area contributed by atoms with Crippen molar-refractivity contribution in [2.24, 2.45) is 0 Å². The molecule has 0 saturated carbocycles. The lowest BCUT2D eigenvalue weighted by atomic mass is 10.0. The van der Waals surface area contributed by atoms with E-state index >= 15 is 0 Å². The molecule has 0 saturated heterocycles. The zero-order valence-corrected chi connectivity index (χ0v) is 10.2. The van der Waals surface area contributed by atoms with Crippen molar-refractivity contribution < 1.29 is 9.90 Å². The second kappa shape index (κ2) is 5.03. The molecule has 0 aliphatic carbocycles. The average Bonchev–Trinajstić information content (AvgIpc) is 2.26. The molecule has 0 aliphatic heterocycles. The van der Waals surface area contributed by atoms with Crippen molar-refractivity contribution in [2.45, 2.75) is 6.92 Å². The van der Waals surface area contributed by atoms with Gasteiger partial charge in [-0.25, -0.2) is 0 Å².